The molecule has 0 radical (unpaired) electrons. The SMILES string of the molecule is CN(C)c1ccc(NC(=O)N2CCc3nc(C(N)=O)sc3C2c2cc(-c3ccsc3)ccc2N)cc1. The second kappa shape index (κ2) is 9.63. The fraction of sp³-hybridized carbons (Fsp3) is 0.192. The number of primary amides is 1. The number of nitrogens with zero attached hydrogens (tertiary/aromatic N) is 3. The first-order valence-electron chi connectivity index (χ1n) is 11.4. The van der Waals surface area contributed by atoms with E-state index in [1.807, 2.05) is 72.9 Å². The van der Waals surface area contributed by atoms with Crippen molar-refractivity contribution >= 4 is 51.7 Å². The van der Waals surface area contributed by atoms with Crippen LogP contribution in [0.3, 0.4) is 0 Å². The molecule has 0 spiro atoms. The number of nitrogen functional groups attached to an aromatic ring is 1. The summed E-state index contributed by atoms with van der Waals surface area (Å²) < 4.78 is 0. The molecule has 0 fully saturated rings. The third-order valence-corrected chi connectivity index (χ3v) is 8.07. The molecule has 5 N–H and O–H groups in total. The third-order valence-electron chi connectivity index (χ3n) is 6.22. The fourth-order valence-electron chi connectivity index (χ4n) is 4.34. The number of amides is 3. The van der Waals surface area contributed by atoms with Crippen molar-refractivity contribution in [1.29, 1.82) is 0 Å². The lowest BCUT2D eigenvalue weighted by Crippen LogP contribution is -2.42. The summed E-state index contributed by atoms with van der Waals surface area (Å²) in [6, 6.07) is 14.8. The highest BCUT2D eigenvalue weighted by Gasteiger charge is 2.36. The van der Waals surface area contributed by atoms with Gasteiger partial charge in [-0.15, -0.1) is 11.3 Å². The van der Waals surface area contributed by atoms with E-state index in [1.165, 1.54) is 11.3 Å². The number of anilines is 3. The van der Waals surface area contributed by atoms with Gasteiger partial charge in [-0.2, -0.15) is 11.3 Å². The van der Waals surface area contributed by atoms with Crippen LogP contribution in [0, 0.1) is 0 Å². The van der Waals surface area contributed by atoms with E-state index in [4.69, 9.17) is 11.5 Å². The molecule has 36 heavy (non-hydrogen) atoms. The van der Waals surface area contributed by atoms with Crippen molar-refractivity contribution in [3.63, 3.8) is 0 Å². The smallest absolute Gasteiger partial charge is 0.322 e. The molecule has 2 aromatic heterocycles. The average molecular weight is 519 g/mol. The van der Waals surface area contributed by atoms with Crippen molar-refractivity contribution in [1.82, 2.24) is 9.88 Å². The minimum Gasteiger partial charge on any atom is -0.398 e. The van der Waals surface area contributed by atoms with Crippen molar-refractivity contribution in [3.05, 3.63) is 80.4 Å². The first kappa shape index (κ1) is 23.8. The Hall–Kier alpha value is -3.89. The fourth-order valence-corrected chi connectivity index (χ4v) is 6.11. The van der Waals surface area contributed by atoms with Crippen LogP contribution in [0.1, 0.15) is 32.0 Å². The van der Waals surface area contributed by atoms with E-state index in [2.05, 4.69) is 15.7 Å². The summed E-state index contributed by atoms with van der Waals surface area (Å²) in [5, 5.41) is 7.35. The maximum Gasteiger partial charge on any atom is 0.322 e. The molecular weight excluding hydrogens is 492 g/mol. The number of thiazole rings is 1. The van der Waals surface area contributed by atoms with Crippen LogP contribution in [0.5, 0.6) is 0 Å². The van der Waals surface area contributed by atoms with Crippen molar-refractivity contribution in [3.8, 4) is 11.1 Å². The number of rotatable bonds is 5. The predicted molar refractivity (Wildman–Crippen MR) is 147 cm³/mol. The van der Waals surface area contributed by atoms with Gasteiger partial charge in [-0.3, -0.25) is 4.79 Å². The van der Waals surface area contributed by atoms with Crippen molar-refractivity contribution in [2.45, 2.75) is 12.5 Å². The number of nitrogens with one attached hydrogen (secondary N) is 1. The number of hydrogen-bond acceptors (Lipinski definition) is 7. The summed E-state index contributed by atoms with van der Waals surface area (Å²) in [5.41, 5.74) is 18.0. The number of aromatic nitrogens is 1. The van der Waals surface area contributed by atoms with Crippen molar-refractivity contribution < 1.29 is 9.59 Å². The monoisotopic (exact) mass is 518 g/mol. The lowest BCUT2D eigenvalue weighted by Gasteiger charge is -2.36. The lowest BCUT2D eigenvalue weighted by atomic mass is 9.93. The van der Waals surface area contributed by atoms with E-state index in [1.54, 1.807) is 16.2 Å². The zero-order valence-corrected chi connectivity index (χ0v) is 21.5. The van der Waals surface area contributed by atoms with Crippen LogP contribution >= 0.6 is 22.7 Å². The molecule has 0 bridgehead atoms. The van der Waals surface area contributed by atoms with Gasteiger partial charge in [0, 0.05) is 49.7 Å². The number of urea groups is 1. The number of nitrogens with two attached hydrogens (primary N) is 2. The first-order chi connectivity index (χ1) is 17.3. The van der Waals surface area contributed by atoms with E-state index < -0.39 is 11.9 Å². The van der Waals surface area contributed by atoms with Crippen LogP contribution in [-0.4, -0.2) is 42.5 Å². The summed E-state index contributed by atoms with van der Waals surface area (Å²) in [7, 11) is 3.93. The van der Waals surface area contributed by atoms with Gasteiger partial charge in [0.15, 0.2) is 5.01 Å². The van der Waals surface area contributed by atoms with Gasteiger partial charge in [-0.25, -0.2) is 9.78 Å². The van der Waals surface area contributed by atoms with E-state index in [0.717, 1.165) is 32.9 Å². The Morgan fingerprint density at radius 2 is 1.89 bits per heavy atom. The van der Waals surface area contributed by atoms with Gasteiger partial charge in [0.2, 0.25) is 0 Å². The maximum absolute atomic E-state index is 13.6. The van der Waals surface area contributed by atoms with Gasteiger partial charge in [0.25, 0.3) is 5.91 Å². The molecule has 1 atom stereocenters. The number of hydrogen-bond donors (Lipinski definition) is 3. The molecule has 2 aromatic carbocycles. The molecule has 1 unspecified atom stereocenters. The molecule has 4 aromatic rings. The molecule has 3 heterocycles. The summed E-state index contributed by atoms with van der Waals surface area (Å²) in [4.78, 5) is 34.6. The number of carbonyl (C=O) groups excluding carboxylic acids is 2. The average Bonchev–Trinajstić information content (AvgIpc) is 3.55. The quantitative estimate of drug-likeness (QED) is 0.328. The Labute approximate surface area is 217 Å². The minimum absolute atomic E-state index is 0.235. The zero-order chi connectivity index (χ0) is 25.4. The largest absolute Gasteiger partial charge is 0.398 e. The summed E-state index contributed by atoms with van der Waals surface area (Å²) in [6.07, 6.45) is 0.521. The molecule has 3 amide bonds. The van der Waals surface area contributed by atoms with Crippen LogP contribution in [-0.2, 0) is 6.42 Å². The predicted octanol–water partition coefficient (Wildman–Crippen LogP) is 4.80. The highest BCUT2D eigenvalue weighted by molar-refractivity contribution is 7.13. The number of thiophene rings is 1. The van der Waals surface area contributed by atoms with Gasteiger partial charge in [-0.05, 0) is 64.4 Å². The third kappa shape index (κ3) is 4.52. The summed E-state index contributed by atoms with van der Waals surface area (Å²) >= 11 is 2.84. The molecular formula is C26H26N6O2S2. The Morgan fingerprint density at radius 3 is 2.56 bits per heavy atom. The van der Waals surface area contributed by atoms with E-state index in [9.17, 15) is 9.59 Å². The number of benzene rings is 2. The zero-order valence-electron chi connectivity index (χ0n) is 19.9. The molecule has 8 nitrogen and oxygen atoms in total. The molecule has 184 valence electrons. The second-order valence-corrected chi connectivity index (χ2v) is 10.6. The highest BCUT2D eigenvalue weighted by atomic mass is 32.1. The summed E-state index contributed by atoms with van der Waals surface area (Å²) in [6.45, 7) is 0.420. The second-order valence-electron chi connectivity index (χ2n) is 8.77. The topological polar surface area (TPSA) is 118 Å². The number of fused-ring (bicyclic) bond motifs is 1. The van der Waals surface area contributed by atoms with E-state index in [0.29, 0.717) is 24.3 Å². The van der Waals surface area contributed by atoms with Crippen LogP contribution < -0.4 is 21.7 Å². The highest BCUT2D eigenvalue weighted by Crippen LogP contribution is 2.42. The van der Waals surface area contributed by atoms with Crippen LogP contribution in [0.25, 0.3) is 11.1 Å². The normalized spacial score (nSPS) is 14.8. The number of carbonyl (C=O) groups is 2. The van der Waals surface area contributed by atoms with E-state index >= 15 is 0 Å². The van der Waals surface area contributed by atoms with Gasteiger partial charge < -0.3 is 26.6 Å². The van der Waals surface area contributed by atoms with Crippen LogP contribution in [0.2, 0.25) is 0 Å². The first-order valence-corrected chi connectivity index (χ1v) is 13.1. The van der Waals surface area contributed by atoms with Gasteiger partial charge in [0.1, 0.15) is 0 Å². The van der Waals surface area contributed by atoms with E-state index in [-0.39, 0.29) is 11.0 Å². The maximum atomic E-state index is 13.6. The van der Waals surface area contributed by atoms with Crippen molar-refractivity contribution in [2.75, 3.05) is 36.6 Å². The summed E-state index contributed by atoms with van der Waals surface area (Å²) in [5.74, 6) is -0.579. The van der Waals surface area contributed by atoms with Gasteiger partial charge in [0.05, 0.1) is 16.6 Å². The molecule has 5 rings (SSSR count). The Bertz CT molecular complexity index is 1410. The Kier molecular flexibility index (Phi) is 6.38. The molecule has 0 saturated heterocycles. The lowest BCUT2D eigenvalue weighted by molar-refractivity contribution is 0.0999. The van der Waals surface area contributed by atoms with Crippen molar-refractivity contribution in [2.24, 2.45) is 5.73 Å². The molecule has 10 heteroatoms. The molecule has 1 aliphatic rings. The van der Waals surface area contributed by atoms with Gasteiger partial charge in [-0.1, -0.05) is 6.07 Å². The van der Waals surface area contributed by atoms with Crippen LogP contribution in [0.4, 0.5) is 21.9 Å². The van der Waals surface area contributed by atoms with Gasteiger partial charge >= 0.3 is 6.03 Å². The standard InChI is InChI=1S/C26H26N6O2S2/c1-31(2)18-6-4-17(5-7-18)29-26(34)32-11-9-21-23(36-25(30-21)24(28)33)22(32)19-13-15(3-8-20(19)27)16-10-12-35-14-16/h3-8,10,12-14,22H,9,11,27H2,1-2H3,(H2,28,33)(H,29,34). The molecule has 0 saturated carbocycles. The van der Waals surface area contributed by atoms with Crippen LogP contribution in [0.15, 0.2) is 59.3 Å². The Morgan fingerprint density at radius 1 is 1.11 bits per heavy atom. The molecule has 0 aliphatic carbocycles. The molecule has 1 aliphatic heterocycles. The Balaban J connectivity index is 1.55. The minimum atomic E-state index is -0.579.